The number of imidazole rings is 1. The lowest BCUT2D eigenvalue weighted by molar-refractivity contribution is 0.412. The van der Waals surface area contributed by atoms with Gasteiger partial charge in [-0.1, -0.05) is 12.1 Å². The first kappa shape index (κ1) is 12.2. The summed E-state index contributed by atoms with van der Waals surface area (Å²) in [5.74, 6) is 1.52. The molecule has 0 aliphatic heterocycles. The fourth-order valence-electron chi connectivity index (χ4n) is 2.05. The van der Waals surface area contributed by atoms with E-state index in [0.717, 1.165) is 17.1 Å². The lowest BCUT2D eigenvalue weighted by Gasteiger charge is -2.09. The quantitative estimate of drug-likeness (QED) is 0.740. The maximum atomic E-state index is 5.83. The molecule has 0 aliphatic rings. The predicted molar refractivity (Wildman–Crippen MR) is 77.8 cm³/mol. The maximum Gasteiger partial charge on any atom is 0.144 e. The Morgan fingerprint density at radius 3 is 2.90 bits per heavy atom. The van der Waals surface area contributed by atoms with Gasteiger partial charge in [0.1, 0.15) is 11.6 Å². The maximum absolute atomic E-state index is 5.83. The monoisotopic (exact) mass is 266 g/mol. The van der Waals surface area contributed by atoms with Gasteiger partial charge in [0, 0.05) is 29.7 Å². The molecule has 5 nitrogen and oxygen atoms in total. The third kappa shape index (κ3) is 2.21. The third-order valence-corrected chi connectivity index (χ3v) is 3.00. The van der Waals surface area contributed by atoms with Gasteiger partial charge < -0.3 is 10.5 Å². The van der Waals surface area contributed by atoms with Crippen molar-refractivity contribution in [3.63, 3.8) is 0 Å². The Labute approximate surface area is 116 Å². The summed E-state index contributed by atoms with van der Waals surface area (Å²) in [4.78, 5) is 8.56. The normalized spacial score (nSPS) is 10.4. The van der Waals surface area contributed by atoms with Gasteiger partial charge in [-0.05, 0) is 12.1 Å². The van der Waals surface area contributed by atoms with Crippen LogP contribution in [0.5, 0.6) is 5.75 Å². The van der Waals surface area contributed by atoms with Crippen molar-refractivity contribution in [2.45, 2.75) is 0 Å². The standard InChI is InChI=1S/C15H14N4O/c1-20-14-8-13(9-17-10-14)19-6-5-18-15(19)11-3-2-4-12(16)7-11/h2-10H,16H2,1H3. The Hall–Kier alpha value is -2.82. The summed E-state index contributed by atoms with van der Waals surface area (Å²) in [6.45, 7) is 0. The molecule has 2 heterocycles. The Morgan fingerprint density at radius 2 is 2.10 bits per heavy atom. The smallest absolute Gasteiger partial charge is 0.144 e. The van der Waals surface area contributed by atoms with E-state index >= 15 is 0 Å². The van der Waals surface area contributed by atoms with Crippen LogP contribution < -0.4 is 10.5 Å². The first-order valence-corrected chi connectivity index (χ1v) is 6.16. The van der Waals surface area contributed by atoms with Crippen molar-refractivity contribution in [2.24, 2.45) is 0 Å². The summed E-state index contributed by atoms with van der Waals surface area (Å²) in [7, 11) is 1.62. The highest BCUT2D eigenvalue weighted by atomic mass is 16.5. The van der Waals surface area contributed by atoms with Gasteiger partial charge >= 0.3 is 0 Å². The van der Waals surface area contributed by atoms with Gasteiger partial charge in [0.2, 0.25) is 0 Å². The lowest BCUT2D eigenvalue weighted by Crippen LogP contribution is -1.98. The van der Waals surface area contributed by atoms with E-state index in [0.29, 0.717) is 11.4 Å². The minimum atomic E-state index is 0.703. The number of nitrogens with zero attached hydrogens (tertiary/aromatic N) is 3. The molecule has 2 N–H and O–H groups in total. The summed E-state index contributed by atoms with van der Waals surface area (Å²) in [6, 6.07) is 9.54. The van der Waals surface area contributed by atoms with Crippen molar-refractivity contribution in [2.75, 3.05) is 12.8 Å². The van der Waals surface area contributed by atoms with Crippen LogP contribution in [0.2, 0.25) is 0 Å². The van der Waals surface area contributed by atoms with E-state index in [1.54, 1.807) is 25.7 Å². The number of benzene rings is 1. The van der Waals surface area contributed by atoms with E-state index in [9.17, 15) is 0 Å². The molecule has 100 valence electrons. The molecule has 0 bridgehead atoms. The topological polar surface area (TPSA) is 66.0 Å². The first-order valence-electron chi connectivity index (χ1n) is 6.16. The molecule has 0 atom stereocenters. The minimum Gasteiger partial charge on any atom is -0.495 e. The molecule has 1 aromatic carbocycles. The molecule has 5 heteroatoms. The van der Waals surface area contributed by atoms with Crippen LogP contribution in [0, 0.1) is 0 Å². The third-order valence-electron chi connectivity index (χ3n) is 3.00. The zero-order valence-electron chi connectivity index (χ0n) is 11.0. The number of nitrogen functional groups attached to an aromatic ring is 1. The van der Waals surface area contributed by atoms with E-state index in [2.05, 4.69) is 9.97 Å². The largest absolute Gasteiger partial charge is 0.495 e. The number of pyridine rings is 1. The fraction of sp³-hybridized carbons (Fsp3) is 0.0667. The first-order chi connectivity index (χ1) is 9.78. The lowest BCUT2D eigenvalue weighted by atomic mass is 10.2. The summed E-state index contributed by atoms with van der Waals surface area (Å²) >= 11 is 0. The fourth-order valence-corrected chi connectivity index (χ4v) is 2.05. The van der Waals surface area contributed by atoms with E-state index in [1.807, 2.05) is 41.1 Å². The summed E-state index contributed by atoms with van der Waals surface area (Å²) in [5, 5.41) is 0. The van der Waals surface area contributed by atoms with Crippen LogP contribution in [0.3, 0.4) is 0 Å². The SMILES string of the molecule is COc1cncc(-n2ccnc2-c2cccc(N)c2)c1. The number of ether oxygens (including phenoxy) is 1. The molecule has 0 aliphatic carbocycles. The van der Waals surface area contributed by atoms with Crippen molar-refractivity contribution in [1.29, 1.82) is 0 Å². The van der Waals surface area contributed by atoms with Gasteiger partial charge in [-0.25, -0.2) is 4.98 Å². The molecule has 2 aromatic heterocycles. The summed E-state index contributed by atoms with van der Waals surface area (Å²) in [6.07, 6.45) is 7.06. The molecule has 0 radical (unpaired) electrons. The van der Waals surface area contributed by atoms with E-state index < -0.39 is 0 Å². The summed E-state index contributed by atoms with van der Waals surface area (Å²) in [5.41, 5.74) is 8.38. The molecule has 3 rings (SSSR count). The van der Waals surface area contributed by atoms with Gasteiger partial charge in [-0.15, -0.1) is 0 Å². The molecule has 0 amide bonds. The van der Waals surface area contributed by atoms with Gasteiger partial charge in [-0.2, -0.15) is 0 Å². The van der Waals surface area contributed by atoms with E-state index in [1.165, 1.54) is 0 Å². The highest BCUT2D eigenvalue weighted by Gasteiger charge is 2.09. The number of anilines is 1. The molecule has 0 fully saturated rings. The Morgan fingerprint density at radius 1 is 1.20 bits per heavy atom. The minimum absolute atomic E-state index is 0.703. The predicted octanol–water partition coefficient (Wildman–Crippen LogP) is 2.53. The molecular formula is C15H14N4O. The second kappa shape index (κ2) is 5.05. The Balaban J connectivity index is 2.10. The molecule has 0 saturated heterocycles. The number of aromatic nitrogens is 3. The average molecular weight is 266 g/mol. The zero-order chi connectivity index (χ0) is 13.9. The van der Waals surface area contributed by atoms with Gasteiger partial charge in [0.05, 0.1) is 25.2 Å². The van der Waals surface area contributed by atoms with Crippen LogP contribution >= 0.6 is 0 Å². The van der Waals surface area contributed by atoms with Crippen molar-refractivity contribution < 1.29 is 4.74 Å². The zero-order valence-corrected chi connectivity index (χ0v) is 11.0. The Bertz CT molecular complexity index is 736. The molecule has 3 aromatic rings. The molecular weight excluding hydrogens is 252 g/mol. The molecule has 20 heavy (non-hydrogen) atoms. The molecule has 0 unspecified atom stereocenters. The highest BCUT2D eigenvalue weighted by Crippen LogP contribution is 2.24. The van der Waals surface area contributed by atoms with Crippen LogP contribution in [-0.2, 0) is 0 Å². The number of methoxy groups -OCH3 is 1. The second-order valence-electron chi connectivity index (χ2n) is 4.33. The van der Waals surface area contributed by atoms with Gasteiger partial charge in [0.25, 0.3) is 0 Å². The molecule has 0 saturated carbocycles. The second-order valence-corrected chi connectivity index (χ2v) is 4.33. The number of hydrogen-bond acceptors (Lipinski definition) is 4. The van der Waals surface area contributed by atoms with E-state index in [4.69, 9.17) is 10.5 Å². The number of nitrogens with two attached hydrogens (primary N) is 1. The van der Waals surface area contributed by atoms with Crippen LogP contribution in [0.25, 0.3) is 17.1 Å². The van der Waals surface area contributed by atoms with Crippen molar-refractivity contribution in [1.82, 2.24) is 14.5 Å². The van der Waals surface area contributed by atoms with Crippen LogP contribution in [-0.4, -0.2) is 21.6 Å². The van der Waals surface area contributed by atoms with Crippen molar-refractivity contribution >= 4 is 5.69 Å². The van der Waals surface area contributed by atoms with E-state index in [-0.39, 0.29) is 0 Å². The average Bonchev–Trinajstić information content (AvgIpc) is 2.97. The van der Waals surface area contributed by atoms with Crippen molar-refractivity contribution in [3.8, 4) is 22.8 Å². The highest BCUT2D eigenvalue weighted by molar-refractivity contribution is 5.63. The number of hydrogen-bond donors (Lipinski definition) is 1. The number of rotatable bonds is 3. The van der Waals surface area contributed by atoms with Gasteiger partial charge in [-0.3, -0.25) is 9.55 Å². The van der Waals surface area contributed by atoms with Crippen LogP contribution in [0.15, 0.2) is 55.1 Å². The summed E-state index contributed by atoms with van der Waals surface area (Å²) < 4.78 is 7.15. The van der Waals surface area contributed by atoms with Crippen LogP contribution in [0.4, 0.5) is 5.69 Å². The van der Waals surface area contributed by atoms with Crippen LogP contribution in [0.1, 0.15) is 0 Å². The van der Waals surface area contributed by atoms with Gasteiger partial charge in [0.15, 0.2) is 0 Å². The molecule has 0 spiro atoms. The Kier molecular flexibility index (Phi) is 3.09. The van der Waals surface area contributed by atoms with Crippen molar-refractivity contribution in [3.05, 3.63) is 55.1 Å².